The number of fused-ring (bicyclic) bond motifs is 1. The Morgan fingerprint density at radius 1 is 1.44 bits per heavy atom. The van der Waals surface area contributed by atoms with Crippen molar-refractivity contribution in [2.75, 3.05) is 11.9 Å². The van der Waals surface area contributed by atoms with E-state index in [1.165, 1.54) is 13.1 Å². The number of aromatic nitrogens is 1. The summed E-state index contributed by atoms with van der Waals surface area (Å²) in [6, 6.07) is 6.76. The van der Waals surface area contributed by atoms with Crippen LogP contribution in [0.1, 0.15) is 13.3 Å². The molecule has 9 heteroatoms. The Morgan fingerprint density at radius 3 is 3.00 bits per heavy atom. The first kappa shape index (κ1) is 17.9. The second-order valence-corrected chi connectivity index (χ2v) is 7.50. The summed E-state index contributed by atoms with van der Waals surface area (Å²) in [7, 11) is 0. The summed E-state index contributed by atoms with van der Waals surface area (Å²) in [5.74, 6) is -4.75. The largest absolute Gasteiger partial charge is 0.459 e. The molecule has 3 N–H and O–H groups in total. The van der Waals surface area contributed by atoms with Crippen LogP contribution in [0.25, 0.3) is 10.9 Å². The number of amidine groups is 1. The Hall–Kier alpha value is -2.48. The standard InChI is InChI=1S/C18H17ClF2N4O2/c1-17(18(20,21)8-27-16(22)25-17)12-6-11(12)15(26)24-13-4-2-3-9-5-10(19)7-23-14(9)13/h2-5,7,11-12H,6,8H2,1H3,(H2,22,25)(H,24,26)/t11?,12?,17-/m1/s1. The number of amides is 1. The smallest absolute Gasteiger partial charge is 0.306 e. The first-order chi connectivity index (χ1) is 12.7. The molecule has 1 saturated carbocycles. The maximum absolute atomic E-state index is 14.4. The second kappa shape index (κ2) is 6.02. The average molecular weight is 395 g/mol. The van der Waals surface area contributed by atoms with Gasteiger partial charge in [-0.25, -0.2) is 13.8 Å². The number of nitrogens with two attached hydrogens (primary N) is 1. The number of hydrogen-bond acceptors (Lipinski definition) is 5. The number of halogens is 3. The number of nitrogens with one attached hydrogen (secondary N) is 1. The maximum atomic E-state index is 14.4. The fraction of sp³-hybridized carbons (Fsp3) is 0.389. The predicted molar refractivity (Wildman–Crippen MR) is 97.9 cm³/mol. The third-order valence-electron chi connectivity index (χ3n) is 5.27. The van der Waals surface area contributed by atoms with Gasteiger partial charge >= 0.3 is 5.92 Å². The molecule has 1 aromatic heterocycles. The van der Waals surface area contributed by atoms with Gasteiger partial charge in [0, 0.05) is 23.4 Å². The van der Waals surface area contributed by atoms with Crippen molar-refractivity contribution in [2.24, 2.45) is 22.6 Å². The average Bonchev–Trinajstić information content (AvgIpc) is 3.40. The highest BCUT2D eigenvalue weighted by atomic mass is 35.5. The zero-order valence-electron chi connectivity index (χ0n) is 14.4. The van der Waals surface area contributed by atoms with E-state index in [0.29, 0.717) is 22.6 Å². The molecular weight excluding hydrogens is 378 g/mol. The molecule has 4 rings (SSSR count). The van der Waals surface area contributed by atoms with E-state index in [1.54, 1.807) is 18.2 Å². The normalized spacial score (nSPS) is 29.0. The van der Waals surface area contributed by atoms with Crippen molar-refractivity contribution >= 4 is 40.1 Å². The predicted octanol–water partition coefficient (Wildman–Crippen LogP) is 3.20. The van der Waals surface area contributed by atoms with Crippen molar-refractivity contribution in [2.45, 2.75) is 24.8 Å². The number of rotatable bonds is 3. The van der Waals surface area contributed by atoms with Gasteiger partial charge in [0.2, 0.25) is 5.91 Å². The highest BCUT2D eigenvalue weighted by Gasteiger charge is 2.66. The Kier molecular flexibility index (Phi) is 3.99. The van der Waals surface area contributed by atoms with Crippen molar-refractivity contribution in [1.82, 2.24) is 4.98 Å². The van der Waals surface area contributed by atoms with Crippen LogP contribution in [0.3, 0.4) is 0 Å². The van der Waals surface area contributed by atoms with Crippen molar-refractivity contribution in [3.63, 3.8) is 0 Å². The fourth-order valence-electron chi connectivity index (χ4n) is 3.57. The quantitative estimate of drug-likeness (QED) is 0.836. The molecule has 27 heavy (non-hydrogen) atoms. The number of para-hydroxylation sites is 1. The van der Waals surface area contributed by atoms with Gasteiger partial charge in [-0.3, -0.25) is 9.78 Å². The van der Waals surface area contributed by atoms with Crippen molar-refractivity contribution in [3.8, 4) is 0 Å². The maximum Gasteiger partial charge on any atom is 0.306 e. The summed E-state index contributed by atoms with van der Waals surface area (Å²) in [6.07, 6.45) is 1.79. The Labute approximate surface area is 158 Å². The van der Waals surface area contributed by atoms with Crippen LogP contribution in [-0.2, 0) is 9.53 Å². The molecule has 2 unspecified atom stereocenters. The van der Waals surface area contributed by atoms with E-state index in [0.717, 1.165) is 5.39 Å². The van der Waals surface area contributed by atoms with Gasteiger partial charge in [-0.2, -0.15) is 0 Å². The molecule has 142 valence electrons. The van der Waals surface area contributed by atoms with Crippen LogP contribution in [-0.4, -0.2) is 35.0 Å². The lowest BCUT2D eigenvalue weighted by atomic mass is 9.87. The van der Waals surface area contributed by atoms with Gasteiger partial charge in [0.1, 0.15) is 5.54 Å². The molecule has 1 aliphatic carbocycles. The lowest BCUT2D eigenvalue weighted by Crippen LogP contribution is -2.55. The molecule has 1 aliphatic heterocycles. The van der Waals surface area contributed by atoms with E-state index >= 15 is 0 Å². The summed E-state index contributed by atoms with van der Waals surface area (Å²) in [5, 5.41) is 4.05. The minimum atomic E-state index is -3.20. The van der Waals surface area contributed by atoms with Crippen molar-refractivity contribution in [1.29, 1.82) is 0 Å². The highest BCUT2D eigenvalue weighted by Crippen LogP contribution is 2.55. The summed E-state index contributed by atoms with van der Waals surface area (Å²) in [6.45, 7) is 0.486. The van der Waals surface area contributed by atoms with Gasteiger partial charge in [0.25, 0.3) is 6.02 Å². The third kappa shape index (κ3) is 2.97. The molecule has 1 fully saturated rings. The number of pyridine rings is 1. The molecule has 2 aromatic rings. The number of carbonyl (C=O) groups is 1. The topological polar surface area (TPSA) is 89.6 Å². The molecule has 0 spiro atoms. The van der Waals surface area contributed by atoms with Gasteiger partial charge in [0.05, 0.1) is 16.2 Å². The lowest BCUT2D eigenvalue weighted by Gasteiger charge is -2.37. The molecular formula is C18H17ClF2N4O2. The molecule has 6 nitrogen and oxygen atoms in total. The van der Waals surface area contributed by atoms with Crippen LogP contribution >= 0.6 is 11.6 Å². The number of ether oxygens (including phenoxy) is 1. The molecule has 0 bridgehead atoms. The lowest BCUT2D eigenvalue weighted by molar-refractivity contribution is -0.127. The Balaban J connectivity index is 1.55. The first-order valence-corrected chi connectivity index (χ1v) is 8.80. The van der Waals surface area contributed by atoms with Gasteiger partial charge in [-0.15, -0.1) is 0 Å². The van der Waals surface area contributed by atoms with Crippen molar-refractivity contribution in [3.05, 3.63) is 35.5 Å². The zero-order chi connectivity index (χ0) is 19.4. The molecule has 0 radical (unpaired) electrons. The molecule has 2 aliphatic rings. The summed E-state index contributed by atoms with van der Waals surface area (Å²) in [4.78, 5) is 20.7. The van der Waals surface area contributed by atoms with Gasteiger partial charge in [-0.05, 0) is 25.5 Å². The van der Waals surface area contributed by atoms with E-state index in [2.05, 4.69) is 20.0 Å². The van der Waals surface area contributed by atoms with E-state index in [-0.39, 0.29) is 11.9 Å². The Bertz CT molecular complexity index is 968. The van der Waals surface area contributed by atoms with E-state index < -0.39 is 29.9 Å². The van der Waals surface area contributed by atoms with E-state index in [9.17, 15) is 13.6 Å². The fourth-order valence-corrected chi connectivity index (χ4v) is 3.74. The monoisotopic (exact) mass is 394 g/mol. The van der Waals surface area contributed by atoms with Crippen LogP contribution in [0.15, 0.2) is 35.5 Å². The van der Waals surface area contributed by atoms with Gasteiger partial charge < -0.3 is 15.8 Å². The van der Waals surface area contributed by atoms with Gasteiger partial charge in [-0.1, -0.05) is 23.7 Å². The number of hydrogen-bond donors (Lipinski definition) is 2. The molecule has 2 heterocycles. The second-order valence-electron chi connectivity index (χ2n) is 7.06. The molecule has 1 aromatic carbocycles. The minimum Gasteiger partial charge on any atom is -0.459 e. The molecule has 0 saturated heterocycles. The third-order valence-corrected chi connectivity index (χ3v) is 5.48. The number of aliphatic imine (C=N–C) groups is 1. The van der Waals surface area contributed by atoms with E-state index in [4.69, 9.17) is 17.3 Å². The van der Waals surface area contributed by atoms with Gasteiger partial charge in [0.15, 0.2) is 6.61 Å². The van der Waals surface area contributed by atoms with Crippen LogP contribution in [0.4, 0.5) is 14.5 Å². The summed E-state index contributed by atoms with van der Waals surface area (Å²) in [5.41, 5.74) is 4.82. The van der Waals surface area contributed by atoms with Crippen LogP contribution in [0.5, 0.6) is 0 Å². The summed E-state index contributed by atoms with van der Waals surface area (Å²) >= 11 is 5.94. The zero-order valence-corrected chi connectivity index (χ0v) is 15.1. The minimum absolute atomic E-state index is 0.274. The molecule has 3 atom stereocenters. The van der Waals surface area contributed by atoms with Crippen LogP contribution in [0.2, 0.25) is 5.02 Å². The number of alkyl halides is 2. The summed E-state index contributed by atoms with van der Waals surface area (Å²) < 4.78 is 33.4. The SMILES string of the molecule is C[C@]1(C2CC2C(=O)Nc2cccc3cc(Cl)cnc23)N=C(N)OCC1(F)F. The first-order valence-electron chi connectivity index (χ1n) is 8.42. The van der Waals surface area contributed by atoms with Crippen molar-refractivity contribution < 1.29 is 18.3 Å². The Morgan fingerprint density at radius 2 is 2.22 bits per heavy atom. The van der Waals surface area contributed by atoms with E-state index in [1.807, 2.05) is 6.07 Å². The highest BCUT2D eigenvalue weighted by molar-refractivity contribution is 6.31. The molecule has 1 amide bonds. The number of nitrogens with zero attached hydrogens (tertiary/aromatic N) is 2. The number of carbonyl (C=O) groups excluding carboxylic acids is 1. The number of benzene rings is 1. The van der Waals surface area contributed by atoms with Crippen LogP contribution < -0.4 is 11.1 Å². The number of anilines is 1. The van der Waals surface area contributed by atoms with Crippen LogP contribution in [0, 0.1) is 11.8 Å².